The number of Topliss-reactive ketones (excluding diaryl/α,β-unsaturated/α-hetero) is 1. The van der Waals surface area contributed by atoms with Gasteiger partial charge in [-0.25, -0.2) is 14.4 Å². The fraction of sp³-hybridized carbons (Fsp3) is 0.167. The monoisotopic (exact) mass is 432 g/mol. The molecule has 2 aromatic carbocycles. The van der Waals surface area contributed by atoms with Crippen molar-refractivity contribution in [2.75, 3.05) is 0 Å². The minimum atomic E-state index is -0.993. The molecule has 0 bridgehead atoms. The third kappa shape index (κ3) is 4.56. The highest BCUT2D eigenvalue weighted by atomic mass is 32.2. The Morgan fingerprint density at radius 2 is 1.90 bits per heavy atom. The van der Waals surface area contributed by atoms with E-state index in [0.29, 0.717) is 16.3 Å². The van der Waals surface area contributed by atoms with E-state index in [0.717, 1.165) is 16.2 Å². The van der Waals surface area contributed by atoms with Crippen molar-refractivity contribution >= 4 is 27.6 Å². The number of hydrogen-bond donors (Lipinski definition) is 1. The summed E-state index contributed by atoms with van der Waals surface area (Å²) < 4.78 is 14.9. The van der Waals surface area contributed by atoms with Crippen LogP contribution in [0.1, 0.15) is 39.8 Å². The van der Waals surface area contributed by atoms with Crippen LogP contribution in [-0.4, -0.2) is 20.9 Å². The number of carbonyl (C=O) groups excluding carboxylic acids is 1. The first-order chi connectivity index (χ1) is 14.8. The van der Waals surface area contributed by atoms with Gasteiger partial charge < -0.3 is 5.73 Å². The van der Waals surface area contributed by atoms with Crippen molar-refractivity contribution in [1.29, 1.82) is 0 Å². The Hall–Kier alpha value is -3.32. The number of aliphatic imine (C=N–C) groups is 1. The van der Waals surface area contributed by atoms with Gasteiger partial charge >= 0.3 is 0 Å². The molecule has 0 spiro atoms. The second kappa shape index (κ2) is 8.43. The number of nitrogens with zero attached hydrogens (tertiary/aromatic N) is 3. The van der Waals surface area contributed by atoms with Crippen LogP contribution in [0.15, 0.2) is 72.0 Å². The SMILES string of the molecule is Cc1cnc(C(=O)Cc2ccc(F)c(C3(C)C=C(c4ccccc4)SC(N)=N3)c2)cn1. The van der Waals surface area contributed by atoms with Crippen molar-refractivity contribution < 1.29 is 9.18 Å². The van der Waals surface area contributed by atoms with Crippen molar-refractivity contribution in [1.82, 2.24) is 9.97 Å². The lowest BCUT2D eigenvalue weighted by atomic mass is 9.88. The van der Waals surface area contributed by atoms with Gasteiger partial charge in [-0.1, -0.05) is 48.2 Å². The molecule has 0 aliphatic carbocycles. The van der Waals surface area contributed by atoms with Crippen LogP contribution in [0.5, 0.6) is 0 Å². The minimum absolute atomic E-state index is 0.0876. The standard InChI is InChI=1S/C24H21FN4OS/c1-15-13-28-20(14-27-15)21(30)11-16-8-9-19(25)18(10-16)24(2)12-22(31-23(26)29-24)17-6-4-3-5-7-17/h3-10,12-14H,11H2,1-2H3,(H2,26,29). The molecule has 3 aromatic rings. The molecule has 1 aliphatic rings. The van der Waals surface area contributed by atoms with E-state index in [1.54, 1.807) is 25.3 Å². The van der Waals surface area contributed by atoms with Crippen molar-refractivity contribution in [3.05, 3.63) is 101 Å². The summed E-state index contributed by atoms with van der Waals surface area (Å²) in [6.45, 7) is 3.62. The smallest absolute Gasteiger partial charge is 0.187 e. The molecule has 31 heavy (non-hydrogen) atoms. The largest absolute Gasteiger partial charge is 0.378 e. The van der Waals surface area contributed by atoms with Crippen molar-refractivity contribution in [3.63, 3.8) is 0 Å². The molecule has 5 nitrogen and oxygen atoms in total. The van der Waals surface area contributed by atoms with Crippen molar-refractivity contribution in [2.24, 2.45) is 10.7 Å². The van der Waals surface area contributed by atoms with Gasteiger partial charge in [0.2, 0.25) is 0 Å². The fourth-order valence-corrected chi connectivity index (χ4v) is 4.45. The summed E-state index contributed by atoms with van der Waals surface area (Å²) in [6, 6.07) is 14.4. The number of thioether (sulfide) groups is 1. The number of halogens is 1. The molecule has 1 atom stereocenters. The summed E-state index contributed by atoms with van der Waals surface area (Å²) in [5.74, 6) is -0.584. The van der Waals surface area contributed by atoms with Gasteiger partial charge in [0.1, 0.15) is 17.1 Å². The second-order valence-electron chi connectivity index (χ2n) is 7.53. The van der Waals surface area contributed by atoms with Crippen molar-refractivity contribution in [2.45, 2.75) is 25.8 Å². The zero-order valence-corrected chi connectivity index (χ0v) is 18.0. The number of rotatable bonds is 5. The molecule has 1 aliphatic heterocycles. The molecule has 1 unspecified atom stereocenters. The predicted molar refractivity (Wildman–Crippen MR) is 122 cm³/mol. The van der Waals surface area contributed by atoms with E-state index in [9.17, 15) is 9.18 Å². The highest BCUT2D eigenvalue weighted by Crippen LogP contribution is 2.41. The first kappa shape index (κ1) is 20.9. The van der Waals surface area contributed by atoms with Crippen LogP contribution < -0.4 is 5.73 Å². The maximum Gasteiger partial charge on any atom is 0.187 e. The van der Waals surface area contributed by atoms with Crippen LogP contribution in [0, 0.1) is 12.7 Å². The van der Waals surface area contributed by atoms with E-state index in [1.165, 1.54) is 24.0 Å². The molecule has 2 N–H and O–H groups in total. The Morgan fingerprint density at radius 3 is 2.61 bits per heavy atom. The summed E-state index contributed by atoms with van der Waals surface area (Å²) in [6.07, 6.45) is 5.02. The molecule has 0 saturated carbocycles. The molecule has 0 radical (unpaired) electrons. The Morgan fingerprint density at radius 1 is 1.13 bits per heavy atom. The second-order valence-corrected chi connectivity index (χ2v) is 8.59. The molecular weight excluding hydrogens is 411 g/mol. The number of nitrogens with two attached hydrogens (primary N) is 1. The number of benzene rings is 2. The highest BCUT2D eigenvalue weighted by molar-refractivity contribution is 8.21. The van der Waals surface area contributed by atoms with Crippen molar-refractivity contribution in [3.8, 4) is 0 Å². The molecular formula is C24H21FN4OS. The third-order valence-electron chi connectivity index (χ3n) is 5.03. The summed E-state index contributed by atoms with van der Waals surface area (Å²) in [5, 5.41) is 0.361. The molecule has 7 heteroatoms. The molecule has 0 fully saturated rings. The molecule has 1 aromatic heterocycles. The number of amidine groups is 1. The normalized spacial score (nSPS) is 18.3. The van der Waals surface area contributed by atoms with Gasteiger partial charge in [-0.2, -0.15) is 0 Å². The van der Waals surface area contributed by atoms with Gasteiger partial charge in [0.15, 0.2) is 11.0 Å². The number of ketones is 1. The average molecular weight is 433 g/mol. The van der Waals surface area contributed by atoms with Gasteiger partial charge in [0.25, 0.3) is 0 Å². The molecule has 156 valence electrons. The summed E-state index contributed by atoms with van der Waals surface area (Å²) in [7, 11) is 0. The first-order valence-electron chi connectivity index (χ1n) is 9.76. The Labute approximate surface area is 184 Å². The number of aromatic nitrogens is 2. The Bertz CT molecular complexity index is 1190. The number of aryl methyl sites for hydroxylation is 1. The van der Waals surface area contributed by atoms with Crippen LogP contribution in [0.25, 0.3) is 4.91 Å². The highest BCUT2D eigenvalue weighted by Gasteiger charge is 2.32. The quantitative estimate of drug-likeness (QED) is 0.593. The van der Waals surface area contributed by atoms with Gasteiger partial charge in [-0.15, -0.1) is 0 Å². The molecule has 2 heterocycles. The van der Waals surface area contributed by atoms with Crippen LogP contribution in [0.2, 0.25) is 0 Å². The van der Waals surface area contributed by atoms with E-state index in [-0.39, 0.29) is 17.9 Å². The predicted octanol–water partition coefficient (Wildman–Crippen LogP) is 4.67. The zero-order valence-electron chi connectivity index (χ0n) is 17.2. The lowest BCUT2D eigenvalue weighted by Crippen LogP contribution is -2.26. The lowest BCUT2D eigenvalue weighted by molar-refractivity contribution is 0.0987. The first-order valence-corrected chi connectivity index (χ1v) is 10.6. The van der Waals surface area contributed by atoms with E-state index in [2.05, 4.69) is 15.0 Å². The van der Waals surface area contributed by atoms with Crippen LogP contribution in [0.4, 0.5) is 4.39 Å². The van der Waals surface area contributed by atoms with E-state index in [1.807, 2.05) is 43.3 Å². The fourth-order valence-electron chi connectivity index (χ4n) is 3.45. The molecule has 0 amide bonds. The van der Waals surface area contributed by atoms with Crippen LogP contribution in [0.3, 0.4) is 0 Å². The maximum atomic E-state index is 14.9. The minimum Gasteiger partial charge on any atom is -0.378 e. The summed E-state index contributed by atoms with van der Waals surface area (Å²) >= 11 is 1.35. The van der Waals surface area contributed by atoms with Gasteiger partial charge in [0, 0.05) is 23.1 Å². The van der Waals surface area contributed by atoms with Gasteiger partial charge in [-0.3, -0.25) is 9.78 Å². The molecule has 0 saturated heterocycles. The number of hydrogen-bond acceptors (Lipinski definition) is 6. The maximum absolute atomic E-state index is 14.9. The zero-order chi connectivity index (χ0) is 22.0. The third-order valence-corrected chi connectivity index (χ3v) is 5.91. The topological polar surface area (TPSA) is 81.2 Å². The Balaban J connectivity index is 1.68. The summed E-state index contributed by atoms with van der Waals surface area (Å²) in [5.41, 5.74) is 8.16. The lowest BCUT2D eigenvalue weighted by Gasteiger charge is -2.29. The average Bonchev–Trinajstić information content (AvgIpc) is 2.75. The number of carbonyl (C=O) groups is 1. The van der Waals surface area contributed by atoms with Crippen LogP contribution >= 0.6 is 11.8 Å². The van der Waals surface area contributed by atoms with E-state index in [4.69, 9.17) is 5.73 Å². The van der Waals surface area contributed by atoms with Crippen LogP contribution in [-0.2, 0) is 12.0 Å². The molecule has 4 rings (SSSR count). The van der Waals surface area contributed by atoms with Gasteiger partial charge in [-0.05, 0) is 43.2 Å². The van der Waals surface area contributed by atoms with E-state index < -0.39 is 11.4 Å². The Kier molecular flexibility index (Phi) is 5.69. The summed E-state index contributed by atoms with van der Waals surface area (Å²) in [4.78, 5) is 26.3. The van der Waals surface area contributed by atoms with E-state index >= 15 is 0 Å². The van der Waals surface area contributed by atoms with Gasteiger partial charge in [0.05, 0.1) is 11.9 Å².